The van der Waals surface area contributed by atoms with Gasteiger partial charge in [0, 0.05) is 22.2 Å². The SMILES string of the molecule is COc1ccc2cc(C(N)=O)c(Nc3cccc(Cl)c3)nc2c1. The summed E-state index contributed by atoms with van der Waals surface area (Å²) in [6.07, 6.45) is 0. The van der Waals surface area contributed by atoms with Crippen LogP contribution < -0.4 is 15.8 Å². The van der Waals surface area contributed by atoms with Gasteiger partial charge in [-0.3, -0.25) is 4.79 Å². The minimum atomic E-state index is -0.556. The average molecular weight is 328 g/mol. The maximum atomic E-state index is 11.7. The van der Waals surface area contributed by atoms with Crippen molar-refractivity contribution in [2.45, 2.75) is 0 Å². The van der Waals surface area contributed by atoms with E-state index in [0.29, 0.717) is 27.7 Å². The Morgan fingerprint density at radius 3 is 2.74 bits per heavy atom. The summed E-state index contributed by atoms with van der Waals surface area (Å²) in [5, 5.41) is 4.47. The second-order valence-electron chi connectivity index (χ2n) is 4.94. The highest BCUT2D eigenvalue weighted by Gasteiger charge is 2.13. The van der Waals surface area contributed by atoms with Crippen LogP contribution in [-0.4, -0.2) is 18.0 Å². The van der Waals surface area contributed by atoms with E-state index in [9.17, 15) is 4.79 Å². The van der Waals surface area contributed by atoms with Gasteiger partial charge in [0.25, 0.3) is 5.91 Å². The second-order valence-corrected chi connectivity index (χ2v) is 5.38. The summed E-state index contributed by atoms with van der Waals surface area (Å²) in [7, 11) is 1.59. The number of ether oxygens (including phenoxy) is 1. The molecule has 3 aromatic rings. The van der Waals surface area contributed by atoms with Crippen LogP contribution in [0.5, 0.6) is 5.75 Å². The minimum absolute atomic E-state index is 0.308. The number of hydrogen-bond donors (Lipinski definition) is 2. The van der Waals surface area contributed by atoms with Gasteiger partial charge in [-0.25, -0.2) is 4.98 Å². The quantitative estimate of drug-likeness (QED) is 0.765. The van der Waals surface area contributed by atoms with E-state index in [0.717, 1.165) is 11.1 Å². The summed E-state index contributed by atoms with van der Waals surface area (Å²) < 4.78 is 5.20. The number of hydrogen-bond acceptors (Lipinski definition) is 4. The molecule has 0 saturated heterocycles. The summed E-state index contributed by atoms with van der Waals surface area (Å²) in [5.74, 6) is 0.505. The molecule has 0 fully saturated rings. The van der Waals surface area contributed by atoms with Crippen molar-refractivity contribution in [2.24, 2.45) is 5.73 Å². The van der Waals surface area contributed by atoms with Gasteiger partial charge in [0.2, 0.25) is 0 Å². The second kappa shape index (κ2) is 6.14. The Hall–Kier alpha value is -2.79. The van der Waals surface area contributed by atoms with Crippen molar-refractivity contribution in [3.05, 3.63) is 59.1 Å². The fraction of sp³-hybridized carbons (Fsp3) is 0.0588. The highest BCUT2D eigenvalue weighted by atomic mass is 35.5. The van der Waals surface area contributed by atoms with Crippen LogP contribution in [0.3, 0.4) is 0 Å². The van der Waals surface area contributed by atoms with E-state index in [1.807, 2.05) is 12.1 Å². The third-order valence-corrected chi connectivity index (χ3v) is 3.61. The number of amides is 1. The summed E-state index contributed by atoms with van der Waals surface area (Å²) in [4.78, 5) is 16.2. The Balaban J connectivity index is 2.12. The smallest absolute Gasteiger partial charge is 0.252 e. The number of halogens is 1. The summed E-state index contributed by atoms with van der Waals surface area (Å²) in [6.45, 7) is 0. The molecule has 3 rings (SSSR count). The molecule has 0 aliphatic carbocycles. The molecule has 1 amide bonds. The monoisotopic (exact) mass is 327 g/mol. The van der Waals surface area contributed by atoms with Crippen LogP contribution >= 0.6 is 11.6 Å². The highest BCUT2D eigenvalue weighted by Crippen LogP contribution is 2.27. The van der Waals surface area contributed by atoms with Gasteiger partial charge in [-0.15, -0.1) is 0 Å². The average Bonchev–Trinajstić information content (AvgIpc) is 2.53. The van der Waals surface area contributed by atoms with Crippen molar-refractivity contribution < 1.29 is 9.53 Å². The van der Waals surface area contributed by atoms with Gasteiger partial charge in [0.1, 0.15) is 11.6 Å². The molecular weight excluding hydrogens is 314 g/mol. The number of benzene rings is 2. The van der Waals surface area contributed by atoms with Crippen LogP contribution in [0, 0.1) is 0 Å². The lowest BCUT2D eigenvalue weighted by Gasteiger charge is -2.11. The first kappa shape index (κ1) is 15.1. The molecule has 2 aromatic carbocycles. The van der Waals surface area contributed by atoms with Crippen LogP contribution in [-0.2, 0) is 0 Å². The van der Waals surface area contributed by atoms with Crippen molar-refractivity contribution in [1.82, 2.24) is 4.98 Å². The van der Waals surface area contributed by atoms with E-state index in [-0.39, 0.29) is 0 Å². The van der Waals surface area contributed by atoms with Gasteiger partial charge in [-0.05, 0) is 36.4 Å². The van der Waals surface area contributed by atoms with Gasteiger partial charge in [-0.1, -0.05) is 17.7 Å². The number of anilines is 2. The zero-order chi connectivity index (χ0) is 16.4. The number of aromatic nitrogens is 1. The van der Waals surface area contributed by atoms with Crippen LogP contribution in [0.4, 0.5) is 11.5 Å². The zero-order valence-corrected chi connectivity index (χ0v) is 13.1. The molecule has 0 radical (unpaired) electrons. The molecule has 3 N–H and O–H groups in total. The van der Waals surface area contributed by atoms with Crippen molar-refractivity contribution in [3.63, 3.8) is 0 Å². The number of primary amides is 1. The number of nitrogens with zero attached hydrogens (tertiary/aromatic N) is 1. The van der Waals surface area contributed by atoms with Crippen molar-refractivity contribution in [3.8, 4) is 5.75 Å². The molecule has 0 atom stereocenters. The lowest BCUT2D eigenvalue weighted by Crippen LogP contribution is -2.14. The molecule has 5 nitrogen and oxygen atoms in total. The molecule has 0 bridgehead atoms. The first-order valence-corrected chi connectivity index (χ1v) is 7.26. The predicted molar refractivity (Wildman–Crippen MR) is 91.5 cm³/mol. The Kier molecular flexibility index (Phi) is 4.04. The number of nitrogens with one attached hydrogen (secondary N) is 1. The molecule has 6 heteroatoms. The van der Waals surface area contributed by atoms with Crippen LogP contribution in [0.2, 0.25) is 5.02 Å². The van der Waals surface area contributed by atoms with Gasteiger partial charge in [-0.2, -0.15) is 0 Å². The standard InChI is InChI=1S/C17H14ClN3O2/c1-23-13-6-5-10-7-14(16(19)22)17(21-15(10)9-13)20-12-4-2-3-11(18)8-12/h2-9H,1H3,(H2,19,22)(H,20,21). The molecule has 116 valence electrons. The fourth-order valence-electron chi connectivity index (χ4n) is 2.26. The van der Waals surface area contributed by atoms with E-state index in [4.69, 9.17) is 22.1 Å². The molecule has 1 heterocycles. The van der Waals surface area contributed by atoms with Crippen LogP contribution in [0.1, 0.15) is 10.4 Å². The number of pyridine rings is 1. The van der Waals surface area contributed by atoms with Crippen LogP contribution in [0.15, 0.2) is 48.5 Å². The first-order chi connectivity index (χ1) is 11.1. The predicted octanol–water partition coefficient (Wildman–Crippen LogP) is 3.74. The van der Waals surface area contributed by atoms with Gasteiger partial charge >= 0.3 is 0 Å². The lowest BCUT2D eigenvalue weighted by molar-refractivity contribution is 0.100. The Morgan fingerprint density at radius 2 is 2.04 bits per heavy atom. The topological polar surface area (TPSA) is 77.2 Å². The normalized spacial score (nSPS) is 10.5. The van der Waals surface area contributed by atoms with Gasteiger partial charge in [0.15, 0.2) is 0 Å². The van der Waals surface area contributed by atoms with E-state index in [1.165, 1.54) is 0 Å². The van der Waals surface area contributed by atoms with E-state index in [1.54, 1.807) is 43.5 Å². The molecule has 1 aromatic heterocycles. The molecule has 0 aliphatic rings. The maximum absolute atomic E-state index is 11.7. The van der Waals surface area contributed by atoms with E-state index in [2.05, 4.69) is 10.3 Å². The van der Waals surface area contributed by atoms with Crippen molar-refractivity contribution >= 4 is 39.9 Å². The third kappa shape index (κ3) is 3.19. The highest BCUT2D eigenvalue weighted by molar-refractivity contribution is 6.30. The number of rotatable bonds is 4. The van der Waals surface area contributed by atoms with Crippen molar-refractivity contribution in [2.75, 3.05) is 12.4 Å². The molecule has 0 spiro atoms. The molecule has 0 saturated carbocycles. The number of fused-ring (bicyclic) bond motifs is 1. The molecule has 0 unspecified atom stereocenters. The Bertz CT molecular complexity index is 896. The van der Waals surface area contributed by atoms with Gasteiger partial charge < -0.3 is 15.8 Å². The summed E-state index contributed by atoms with van der Waals surface area (Å²) >= 11 is 5.98. The Labute approximate surface area is 138 Å². The Morgan fingerprint density at radius 1 is 1.22 bits per heavy atom. The minimum Gasteiger partial charge on any atom is -0.497 e. The van der Waals surface area contributed by atoms with Gasteiger partial charge in [0.05, 0.1) is 18.2 Å². The molecular formula is C17H14ClN3O2. The third-order valence-electron chi connectivity index (χ3n) is 3.38. The summed E-state index contributed by atoms with van der Waals surface area (Å²) in [6, 6.07) is 14.3. The summed E-state index contributed by atoms with van der Waals surface area (Å²) in [5.41, 5.74) is 7.19. The molecule has 23 heavy (non-hydrogen) atoms. The first-order valence-electron chi connectivity index (χ1n) is 6.88. The van der Waals surface area contributed by atoms with E-state index >= 15 is 0 Å². The lowest BCUT2D eigenvalue weighted by atomic mass is 10.1. The van der Waals surface area contributed by atoms with Crippen molar-refractivity contribution in [1.29, 1.82) is 0 Å². The number of carbonyl (C=O) groups excluding carboxylic acids is 1. The number of nitrogens with two attached hydrogens (primary N) is 1. The maximum Gasteiger partial charge on any atom is 0.252 e. The number of carbonyl (C=O) groups is 1. The van der Waals surface area contributed by atoms with Crippen LogP contribution in [0.25, 0.3) is 10.9 Å². The zero-order valence-electron chi connectivity index (χ0n) is 12.3. The fourth-order valence-corrected chi connectivity index (χ4v) is 2.45. The largest absolute Gasteiger partial charge is 0.497 e. The number of methoxy groups -OCH3 is 1. The molecule has 0 aliphatic heterocycles. The van der Waals surface area contributed by atoms with E-state index < -0.39 is 5.91 Å².